The van der Waals surface area contributed by atoms with E-state index in [4.69, 9.17) is 16.3 Å². The number of methoxy groups -OCH3 is 1. The average molecular weight is 497 g/mol. The molecule has 176 valence electrons. The van der Waals surface area contributed by atoms with E-state index in [-0.39, 0.29) is 11.9 Å². The first-order valence-corrected chi connectivity index (χ1v) is 12.0. The molecule has 1 unspecified atom stereocenters. The van der Waals surface area contributed by atoms with Crippen LogP contribution < -0.4 is 10.1 Å². The number of hydrogen-bond acceptors (Lipinski definition) is 6. The summed E-state index contributed by atoms with van der Waals surface area (Å²) in [4.78, 5) is 13.0. The summed E-state index contributed by atoms with van der Waals surface area (Å²) in [5.41, 5.74) is 1.57. The number of nitrogens with zero attached hydrogens (tertiary/aromatic N) is 5. The van der Waals surface area contributed by atoms with Gasteiger partial charge >= 0.3 is 0 Å². The van der Waals surface area contributed by atoms with Gasteiger partial charge in [-0.1, -0.05) is 35.5 Å². The second-order valence-corrected chi connectivity index (χ2v) is 9.54. The maximum absolute atomic E-state index is 13.0. The average Bonchev–Trinajstić information content (AvgIpc) is 3.46. The smallest absolute Gasteiger partial charge is 0.238 e. The van der Waals surface area contributed by atoms with E-state index in [1.165, 1.54) is 11.8 Å². The fourth-order valence-corrected chi connectivity index (χ4v) is 4.48. The highest BCUT2D eigenvalue weighted by Crippen LogP contribution is 2.34. The minimum absolute atomic E-state index is 0.129. The molecule has 2 aromatic heterocycles. The fourth-order valence-electron chi connectivity index (χ4n) is 3.39. The van der Waals surface area contributed by atoms with Crippen molar-refractivity contribution in [3.8, 4) is 22.8 Å². The molecule has 0 aliphatic carbocycles. The van der Waals surface area contributed by atoms with Crippen LogP contribution in [0.4, 0.5) is 5.82 Å². The number of aromatic nitrogens is 5. The highest BCUT2D eigenvalue weighted by Gasteiger charge is 2.23. The van der Waals surface area contributed by atoms with Crippen LogP contribution in [0.1, 0.15) is 26.8 Å². The van der Waals surface area contributed by atoms with Gasteiger partial charge in [0.15, 0.2) is 11.0 Å². The molecule has 8 nitrogen and oxygen atoms in total. The number of carbonyl (C=O) groups is 1. The summed E-state index contributed by atoms with van der Waals surface area (Å²) in [5.74, 6) is 1.82. The maximum Gasteiger partial charge on any atom is 0.238 e. The van der Waals surface area contributed by atoms with Gasteiger partial charge in [0.2, 0.25) is 5.91 Å². The molecule has 0 saturated heterocycles. The summed E-state index contributed by atoms with van der Waals surface area (Å²) in [5, 5.41) is 16.7. The van der Waals surface area contributed by atoms with Gasteiger partial charge in [-0.3, -0.25) is 9.36 Å². The molecular formula is C24H25ClN6O2S. The quantitative estimate of drug-likeness (QED) is 0.324. The number of thioether (sulfide) groups is 1. The molecule has 2 heterocycles. The zero-order valence-electron chi connectivity index (χ0n) is 19.3. The van der Waals surface area contributed by atoms with Crippen molar-refractivity contribution in [2.75, 3.05) is 12.4 Å². The van der Waals surface area contributed by atoms with E-state index < -0.39 is 5.25 Å². The molecule has 4 aromatic rings. The predicted molar refractivity (Wildman–Crippen MR) is 135 cm³/mol. The normalized spacial score (nSPS) is 12.1. The third-order valence-corrected chi connectivity index (χ3v) is 6.51. The van der Waals surface area contributed by atoms with E-state index in [1.807, 2.05) is 73.9 Å². The minimum Gasteiger partial charge on any atom is -0.497 e. The number of nitrogens with one attached hydrogen (secondary N) is 1. The molecule has 0 aliphatic rings. The zero-order valence-corrected chi connectivity index (χ0v) is 20.8. The van der Waals surface area contributed by atoms with E-state index in [0.717, 1.165) is 17.0 Å². The lowest BCUT2D eigenvalue weighted by Gasteiger charge is -2.16. The summed E-state index contributed by atoms with van der Waals surface area (Å²) in [6.07, 6.45) is 1.67. The van der Waals surface area contributed by atoms with Crippen LogP contribution in [0.3, 0.4) is 0 Å². The highest BCUT2D eigenvalue weighted by atomic mass is 35.5. The lowest BCUT2D eigenvalue weighted by Crippen LogP contribution is -2.25. The number of anilines is 1. The Morgan fingerprint density at radius 1 is 1.06 bits per heavy atom. The van der Waals surface area contributed by atoms with Gasteiger partial charge in [-0.2, -0.15) is 5.10 Å². The van der Waals surface area contributed by atoms with Gasteiger partial charge < -0.3 is 10.1 Å². The molecule has 1 amide bonds. The van der Waals surface area contributed by atoms with Crippen LogP contribution in [-0.4, -0.2) is 42.8 Å². The molecule has 4 rings (SSSR count). The largest absolute Gasteiger partial charge is 0.497 e. The van der Waals surface area contributed by atoms with Crippen molar-refractivity contribution in [3.63, 3.8) is 0 Å². The van der Waals surface area contributed by atoms with Crippen molar-refractivity contribution in [2.45, 2.75) is 37.2 Å². The summed E-state index contributed by atoms with van der Waals surface area (Å²) < 4.78 is 8.96. The summed E-state index contributed by atoms with van der Waals surface area (Å²) in [6.45, 7) is 5.85. The molecule has 0 saturated carbocycles. The van der Waals surface area contributed by atoms with Crippen molar-refractivity contribution >= 4 is 35.1 Å². The standard InChI is InChI=1S/C24H25ClN6O2S/c1-15(2)31-21(13-14-26-31)27-23(32)16(3)34-24-29-28-22(19-7-5-6-8-20(19)25)30(24)17-9-11-18(33-4)12-10-17/h5-16H,1-4H3,(H,27,32). The summed E-state index contributed by atoms with van der Waals surface area (Å²) in [6, 6.07) is 16.9. The molecule has 0 radical (unpaired) electrons. The number of carbonyl (C=O) groups excluding carboxylic acids is 1. The molecular weight excluding hydrogens is 472 g/mol. The van der Waals surface area contributed by atoms with Crippen LogP contribution in [0.5, 0.6) is 5.75 Å². The van der Waals surface area contributed by atoms with Crippen LogP contribution >= 0.6 is 23.4 Å². The Balaban J connectivity index is 1.66. The molecule has 1 atom stereocenters. The number of benzene rings is 2. The van der Waals surface area contributed by atoms with Crippen molar-refractivity contribution in [3.05, 3.63) is 65.8 Å². The molecule has 10 heteroatoms. The van der Waals surface area contributed by atoms with Crippen molar-refractivity contribution in [1.82, 2.24) is 24.5 Å². The van der Waals surface area contributed by atoms with Crippen LogP contribution in [-0.2, 0) is 4.79 Å². The van der Waals surface area contributed by atoms with Gasteiger partial charge in [-0.05, 0) is 57.2 Å². The lowest BCUT2D eigenvalue weighted by molar-refractivity contribution is -0.115. The second kappa shape index (κ2) is 10.3. The van der Waals surface area contributed by atoms with E-state index >= 15 is 0 Å². The van der Waals surface area contributed by atoms with Gasteiger partial charge in [0, 0.05) is 23.4 Å². The van der Waals surface area contributed by atoms with Crippen LogP contribution in [0.25, 0.3) is 17.1 Å². The second-order valence-electron chi connectivity index (χ2n) is 7.82. The Kier molecular flexibility index (Phi) is 7.23. The monoisotopic (exact) mass is 496 g/mol. The highest BCUT2D eigenvalue weighted by molar-refractivity contribution is 8.00. The molecule has 0 fully saturated rings. The molecule has 2 aromatic carbocycles. The van der Waals surface area contributed by atoms with Crippen molar-refractivity contribution in [1.29, 1.82) is 0 Å². The predicted octanol–water partition coefficient (Wildman–Crippen LogP) is 5.49. The van der Waals surface area contributed by atoms with Gasteiger partial charge in [0.25, 0.3) is 0 Å². The number of rotatable bonds is 8. The third-order valence-electron chi connectivity index (χ3n) is 5.14. The van der Waals surface area contributed by atoms with E-state index in [0.29, 0.717) is 21.8 Å². The third kappa shape index (κ3) is 4.95. The van der Waals surface area contributed by atoms with E-state index in [9.17, 15) is 4.79 Å². The Bertz CT molecular complexity index is 1280. The Hall–Kier alpha value is -3.30. The first kappa shape index (κ1) is 23.8. The topological polar surface area (TPSA) is 86.9 Å². The van der Waals surface area contributed by atoms with E-state index in [1.54, 1.807) is 24.1 Å². The van der Waals surface area contributed by atoms with Crippen molar-refractivity contribution in [2.24, 2.45) is 0 Å². The molecule has 34 heavy (non-hydrogen) atoms. The zero-order chi connectivity index (χ0) is 24.2. The summed E-state index contributed by atoms with van der Waals surface area (Å²) in [7, 11) is 1.62. The molecule has 0 aliphatic heterocycles. The Morgan fingerprint density at radius 2 is 1.79 bits per heavy atom. The minimum atomic E-state index is -0.448. The van der Waals surface area contributed by atoms with E-state index in [2.05, 4.69) is 20.6 Å². The number of ether oxygens (including phenoxy) is 1. The van der Waals surface area contributed by atoms with Gasteiger partial charge in [-0.15, -0.1) is 10.2 Å². The Labute approximate surface area is 207 Å². The lowest BCUT2D eigenvalue weighted by atomic mass is 10.2. The number of halogens is 1. The first-order chi connectivity index (χ1) is 16.4. The van der Waals surface area contributed by atoms with Gasteiger partial charge in [-0.25, -0.2) is 4.68 Å². The van der Waals surface area contributed by atoms with Gasteiger partial charge in [0.05, 0.1) is 23.6 Å². The maximum atomic E-state index is 13.0. The van der Waals surface area contributed by atoms with Crippen LogP contribution in [0, 0.1) is 0 Å². The van der Waals surface area contributed by atoms with Crippen molar-refractivity contribution < 1.29 is 9.53 Å². The SMILES string of the molecule is COc1ccc(-n2c(SC(C)C(=O)Nc3ccnn3C(C)C)nnc2-c2ccccc2Cl)cc1. The fraction of sp³-hybridized carbons (Fsp3) is 0.250. The summed E-state index contributed by atoms with van der Waals surface area (Å²) >= 11 is 7.78. The van der Waals surface area contributed by atoms with Crippen LogP contribution in [0.2, 0.25) is 5.02 Å². The molecule has 1 N–H and O–H groups in total. The van der Waals surface area contributed by atoms with Crippen LogP contribution in [0.15, 0.2) is 66.0 Å². The van der Waals surface area contributed by atoms with Gasteiger partial charge in [0.1, 0.15) is 11.6 Å². The first-order valence-electron chi connectivity index (χ1n) is 10.7. The number of amides is 1. The Morgan fingerprint density at radius 3 is 2.47 bits per heavy atom. The molecule has 0 bridgehead atoms. The number of hydrogen-bond donors (Lipinski definition) is 1. The molecule has 0 spiro atoms.